The molecule has 0 aliphatic heterocycles. The van der Waals surface area contributed by atoms with Crippen LogP contribution in [0.25, 0.3) is 0 Å². The second-order valence-corrected chi connectivity index (χ2v) is 6.43. The zero-order valence-corrected chi connectivity index (χ0v) is 13.8. The molecule has 1 atom stereocenters. The highest BCUT2D eigenvalue weighted by Crippen LogP contribution is 2.06. The average Bonchev–Trinajstić information content (AvgIpc) is 2.35. The number of hydrogen-bond donors (Lipinski definition) is 3. The standard InChI is InChI=1S/C12H17N5O5S/c1-6-5-7(2)15-11(14-6)16-12(19)17-23(20,21)9(8(3)13)10(18)22-4/h5,9,13H,1-4H3,(H2,14,15,16,17,19). The lowest BCUT2D eigenvalue weighted by molar-refractivity contribution is -0.138. The minimum Gasteiger partial charge on any atom is -0.468 e. The highest BCUT2D eigenvalue weighted by molar-refractivity contribution is 7.92. The van der Waals surface area contributed by atoms with E-state index in [2.05, 4.69) is 20.0 Å². The quantitative estimate of drug-likeness (QED) is 0.507. The maximum Gasteiger partial charge on any atom is 0.335 e. The first-order valence-electron chi connectivity index (χ1n) is 6.34. The van der Waals surface area contributed by atoms with Crippen molar-refractivity contribution in [1.82, 2.24) is 14.7 Å². The van der Waals surface area contributed by atoms with E-state index in [1.54, 1.807) is 24.6 Å². The number of nitrogens with one attached hydrogen (secondary N) is 3. The summed E-state index contributed by atoms with van der Waals surface area (Å²) in [5, 5.41) is 7.62. The Morgan fingerprint density at radius 2 is 1.78 bits per heavy atom. The van der Waals surface area contributed by atoms with Crippen molar-refractivity contribution in [3.05, 3.63) is 17.5 Å². The number of hydrogen-bond acceptors (Lipinski definition) is 8. The van der Waals surface area contributed by atoms with Crippen LogP contribution in [-0.4, -0.2) is 48.5 Å². The molecule has 1 rings (SSSR count). The number of rotatable bonds is 5. The molecule has 0 fully saturated rings. The van der Waals surface area contributed by atoms with Crippen LogP contribution < -0.4 is 10.0 Å². The molecular formula is C12H17N5O5S. The van der Waals surface area contributed by atoms with E-state index in [4.69, 9.17) is 5.41 Å². The molecule has 1 aromatic rings. The van der Waals surface area contributed by atoms with Gasteiger partial charge < -0.3 is 10.1 Å². The summed E-state index contributed by atoms with van der Waals surface area (Å²) < 4.78 is 30.1. The van der Waals surface area contributed by atoms with Gasteiger partial charge in [-0.2, -0.15) is 0 Å². The number of nitrogens with zero attached hydrogens (tertiary/aromatic N) is 2. The number of ether oxygens (including phenoxy) is 1. The third kappa shape index (κ3) is 4.98. The number of anilines is 1. The van der Waals surface area contributed by atoms with Crippen LogP contribution >= 0.6 is 0 Å². The average molecular weight is 343 g/mol. The highest BCUT2D eigenvalue weighted by atomic mass is 32.2. The maximum absolute atomic E-state index is 12.1. The predicted molar refractivity (Wildman–Crippen MR) is 81.8 cm³/mol. The second-order valence-electron chi connectivity index (χ2n) is 4.66. The third-order valence-corrected chi connectivity index (χ3v) is 4.20. The number of amides is 2. The molecule has 0 saturated carbocycles. The molecule has 1 heterocycles. The van der Waals surface area contributed by atoms with Crippen LogP contribution in [0.3, 0.4) is 0 Å². The number of methoxy groups -OCH3 is 1. The van der Waals surface area contributed by atoms with Gasteiger partial charge in [-0.3, -0.25) is 10.1 Å². The van der Waals surface area contributed by atoms with Crippen LogP contribution in [0, 0.1) is 19.3 Å². The van der Waals surface area contributed by atoms with Crippen molar-refractivity contribution in [1.29, 1.82) is 5.41 Å². The Kier molecular flexibility index (Phi) is 5.73. The van der Waals surface area contributed by atoms with E-state index >= 15 is 0 Å². The summed E-state index contributed by atoms with van der Waals surface area (Å²) in [5.41, 5.74) is 0.677. The molecule has 0 saturated heterocycles. The molecule has 0 spiro atoms. The lowest BCUT2D eigenvalue weighted by Crippen LogP contribution is -2.47. The summed E-state index contributed by atoms with van der Waals surface area (Å²) in [6.45, 7) is 4.48. The zero-order chi connectivity index (χ0) is 17.8. The second kappa shape index (κ2) is 7.13. The summed E-state index contributed by atoms with van der Waals surface area (Å²) >= 11 is 0. The highest BCUT2D eigenvalue weighted by Gasteiger charge is 2.37. The minimum atomic E-state index is -4.49. The van der Waals surface area contributed by atoms with Gasteiger partial charge in [-0.25, -0.2) is 27.9 Å². The third-order valence-electron chi connectivity index (χ3n) is 2.56. The summed E-state index contributed by atoms with van der Waals surface area (Å²) in [6.07, 6.45) is 0. The summed E-state index contributed by atoms with van der Waals surface area (Å²) in [7, 11) is -3.51. The molecule has 0 radical (unpaired) electrons. The summed E-state index contributed by atoms with van der Waals surface area (Å²) in [5.74, 6) is -1.25. The number of esters is 1. The lowest BCUT2D eigenvalue weighted by atomic mass is 10.3. The molecule has 1 unspecified atom stereocenters. The van der Waals surface area contributed by atoms with Crippen LogP contribution in [0.5, 0.6) is 0 Å². The Bertz CT molecular complexity index is 726. The zero-order valence-electron chi connectivity index (χ0n) is 13.0. The van der Waals surface area contributed by atoms with E-state index in [-0.39, 0.29) is 5.95 Å². The first kappa shape index (κ1) is 18.5. The molecule has 126 valence electrons. The van der Waals surface area contributed by atoms with Gasteiger partial charge in [-0.15, -0.1) is 0 Å². The Balaban J connectivity index is 2.93. The molecule has 0 bridgehead atoms. The van der Waals surface area contributed by atoms with Gasteiger partial charge in [0.1, 0.15) is 0 Å². The lowest BCUT2D eigenvalue weighted by Gasteiger charge is -2.15. The maximum atomic E-state index is 12.1. The molecule has 3 N–H and O–H groups in total. The van der Waals surface area contributed by atoms with Gasteiger partial charge in [0.2, 0.25) is 11.2 Å². The normalized spacial score (nSPS) is 12.2. The van der Waals surface area contributed by atoms with Crippen molar-refractivity contribution in [2.75, 3.05) is 12.4 Å². The largest absolute Gasteiger partial charge is 0.468 e. The number of carbonyl (C=O) groups is 2. The monoisotopic (exact) mass is 343 g/mol. The fraction of sp³-hybridized carbons (Fsp3) is 0.417. The summed E-state index contributed by atoms with van der Waals surface area (Å²) in [4.78, 5) is 31.1. The first-order valence-corrected chi connectivity index (χ1v) is 7.89. The number of carbonyl (C=O) groups excluding carboxylic acids is 2. The van der Waals surface area contributed by atoms with E-state index in [0.29, 0.717) is 11.4 Å². The van der Waals surface area contributed by atoms with E-state index in [9.17, 15) is 18.0 Å². The van der Waals surface area contributed by atoms with E-state index in [1.165, 1.54) is 0 Å². The number of urea groups is 1. The molecule has 11 heteroatoms. The Hall–Kier alpha value is -2.56. The molecule has 0 aliphatic carbocycles. The Morgan fingerprint density at radius 1 is 1.26 bits per heavy atom. The number of aromatic nitrogens is 2. The van der Waals surface area contributed by atoms with Gasteiger partial charge in [0.25, 0.3) is 10.0 Å². The summed E-state index contributed by atoms with van der Waals surface area (Å²) in [6, 6.07) is 0.524. The van der Waals surface area contributed by atoms with Crippen molar-refractivity contribution in [3.63, 3.8) is 0 Å². The first-order chi connectivity index (χ1) is 10.6. The van der Waals surface area contributed by atoms with Crippen molar-refractivity contribution >= 4 is 33.7 Å². The van der Waals surface area contributed by atoms with Crippen LogP contribution in [-0.2, 0) is 19.6 Å². The molecular weight excluding hydrogens is 326 g/mol. The van der Waals surface area contributed by atoms with E-state index < -0.39 is 33.0 Å². The smallest absolute Gasteiger partial charge is 0.335 e. The van der Waals surface area contributed by atoms with Crippen molar-refractivity contribution < 1.29 is 22.7 Å². The van der Waals surface area contributed by atoms with Gasteiger partial charge in [0, 0.05) is 17.1 Å². The van der Waals surface area contributed by atoms with Crippen molar-refractivity contribution in [2.45, 2.75) is 26.0 Å². The SMILES string of the molecule is COC(=O)C(C(C)=N)S(=O)(=O)NC(=O)Nc1nc(C)cc(C)n1. The Morgan fingerprint density at radius 3 is 2.22 bits per heavy atom. The molecule has 1 aromatic heterocycles. The number of sulfonamides is 1. The van der Waals surface area contributed by atoms with E-state index in [0.717, 1.165) is 14.0 Å². The molecule has 0 aliphatic rings. The van der Waals surface area contributed by atoms with Crippen LogP contribution in [0.4, 0.5) is 10.7 Å². The van der Waals surface area contributed by atoms with E-state index in [1.807, 2.05) is 0 Å². The number of aryl methyl sites for hydroxylation is 2. The molecule has 23 heavy (non-hydrogen) atoms. The van der Waals surface area contributed by atoms with Gasteiger partial charge in [-0.1, -0.05) is 0 Å². The minimum absolute atomic E-state index is 0.0867. The van der Waals surface area contributed by atoms with Gasteiger partial charge >= 0.3 is 12.0 Å². The van der Waals surface area contributed by atoms with Gasteiger partial charge in [0.05, 0.1) is 7.11 Å². The topological polar surface area (TPSA) is 151 Å². The predicted octanol–water partition coefficient (Wildman–Crippen LogP) is 0.126. The fourth-order valence-electron chi connectivity index (χ4n) is 1.74. The fourth-order valence-corrected chi connectivity index (χ4v) is 2.98. The Labute approximate surface area is 133 Å². The van der Waals surface area contributed by atoms with Gasteiger partial charge in [0.15, 0.2) is 0 Å². The molecule has 2 amide bonds. The van der Waals surface area contributed by atoms with Crippen LogP contribution in [0.15, 0.2) is 6.07 Å². The van der Waals surface area contributed by atoms with Crippen molar-refractivity contribution in [2.24, 2.45) is 0 Å². The van der Waals surface area contributed by atoms with Crippen LogP contribution in [0.1, 0.15) is 18.3 Å². The van der Waals surface area contributed by atoms with Crippen molar-refractivity contribution in [3.8, 4) is 0 Å². The van der Waals surface area contributed by atoms with Crippen LogP contribution in [0.2, 0.25) is 0 Å². The van der Waals surface area contributed by atoms with Gasteiger partial charge in [-0.05, 0) is 26.8 Å². The molecule has 0 aromatic carbocycles. The molecule has 10 nitrogen and oxygen atoms in total.